The zero-order chi connectivity index (χ0) is 15.8. The molecule has 0 aliphatic heterocycles. The van der Waals surface area contributed by atoms with E-state index in [-0.39, 0.29) is 18.9 Å². The van der Waals surface area contributed by atoms with E-state index in [0.29, 0.717) is 5.56 Å². The molecule has 0 aromatic heterocycles. The van der Waals surface area contributed by atoms with Crippen molar-refractivity contribution in [2.75, 3.05) is 6.54 Å². The van der Waals surface area contributed by atoms with Gasteiger partial charge in [-0.25, -0.2) is 0 Å². The Morgan fingerprint density at radius 1 is 1.24 bits per heavy atom. The Kier molecular flexibility index (Phi) is 6.13. The molecule has 0 bridgehead atoms. The van der Waals surface area contributed by atoms with Gasteiger partial charge < -0.3 is 16.4 Å². The molecule has 21 heavy (non-hydrogen) atoms. The fourth-order valence-corrected chi connectivity index (χ4v) is 1.67. The third kappa shape index (κ3) is 5.90. The molecule has 6 heteroatoms. The molecule has 1 aromatic carbocycles. The average molecular weight is 289 g/mol. The largest absolute Gasteiger partial charge is 0.368 e. The maximum Gasteiger partial charge on any atom is 0.251 e. The first-order valence-electron chi connectivity index (χ1n) is 6.46. The molecule has 0 saturated carbocycles. The standard InChI is InChI=1S/C15H19N3O3/c1-10(2)8-12(14(16)20)18-13(19)9-17-15(21)11-6-4-3-5-7-11/h3-7,12H,1,8-9H2,2H3,(H2,16,20)(H,17,21)(H,18,19)/t12-/m0/s1. The lowest BCUT2D eigenvalue weighted by atomic mass is 10.1. The van der Waals surface area contributed by atoms with Crippen LogP contribution in [0.5, 0.6) is 0 Å². The summed E-state index contributed by atoms with van der Waals surface area (Å²) in [6.45, 7) is 5.18. The van der Waals surface area contributed by atoms with Crippen molar-refractivity contribution in [1.82, 2.24) is 10.6 Å². The van der Waals surface area contributed by atoms with Gasteiger partial charge in [0, 0.05) is 5.56 Å². The highest BCUT2D eigenvalue weighted by Gasteiger charge is 2.18. The number of primary amides is 1. The molecule has 0 radical (unpaired) electrons. The van der Waals surface area contributed by atoms with Crippen LogP contribution in [0.25, 0.3) is 0 Å². The van der Waals surface area contributed by atoms with E-state index < -0.39 is 17.9 Å². The number of carbonyl (C=O) groups is 3. The first-order chi connectivity index (χ1) is 9.90. The van der Waals surface area contributed by atoms with Crippen LogP contribution in [-0.4, -0.2) is 30.3 Å². The van der Waals surface area contributed by atoms with E-state index in [9.17, 15) is 14.4 Å². The maximum absolute atomic E-state index is 11.7. The monoisotopic (exact) mass is 289 g/mol. The Morgan fingerprint density at radius 2 is 1.86 bits per heavy atom. The molecule has 3 amide bonds. The third-order valence-electron chi connectivity index (χ3n) is 2.68. The van der Waals surface area contributed by atoms with Gasteiger partial charge in [-0.05, 0) is 25.5 Å². The fourth-order valence-electron chi connectivity index (χ4n) is 1.67. The van der Waals surface area contributed by atoms with Crippen LogP contribution in [0.4, 0.5) is 0 Å². The number of benzene rings is 1. The van der Waals surface area contributed by atoms with E-state index in [1.54, 1.807) is 37.3 Å². The molecule has 0 fully saturated rings. The lowest BCUT2D eigenvalue weighted by molar-refractivity contribution is -0.126. The molecule has 1 atom stereocenters. The van der Waals surface area contributed by atoms with Crippen LogP contribution in [0.15, 0.2) is 42.5 Å². The van der Waals surface area contributed by atoms with Crippen LogP contribution in [0.3, 0.4) is 0 Å². The Labute approximate surface area is 123 Å². The Hall–Kier alpha value is -2.63. The van der Waals surface area contributed by atoms with E-state index in [4.69, 9.17) is 5.73 Å². The lowest BCUT2D eigenvalue weighted by Gasteiger charge is -2.15. The molecule has 6 nitrogen and oxygen atoms in total. The van der Waals surface area contributed by atoms with Crippen LogP contribution in [0, 0.1) is 0 Å². The number of nitrogens with one attached hydrogen (secondary N) is 2. The molecule has 1 aromatic rings. The summed E-state index contributed by atoms with van der Waals surface area (Å²) in [5.74, 6) is -1.48. The van der Waals surface area contributed by atoms with E-state index in [0.717, 1.165) is 5.57 Å². The van der Waals surface area contributed by atoms with Gasteiger partial charge in [-0.1, -0.05) is 23.8 Å². The van der Waals surface area contributed by atoms with Crippen molar-refractivity contribution in [3.05, 3.63) is 48.0 Å². The second-order valence-electron chi connectivity index (χ2n) is 4.73. The molecule has 0 heterocycles. The average Bonchev–Trinajstić information content (AvgIpc) is 2.44. The van der Waals surface area contributed by atoms with E-state index in [1.807, 2.05) is 0 Å². The van der Waals surface area contributed by atoms with Crippen LogP contribution in [-0.2, 0) is 9.59 Å². The van der Waals surface area contributed by atoms with Gasteiger partial charge in [-0.2, -0.15) is 0 Å². The van der Waals surface area contributed by atoms with Crippen molar-refractivity contribution in [1.29, 1.82) is 0 Å². The summed E-state index contributed by atoms with van der Waals surface area (Å²) in [4.78, 5) is 34.7. The summed E-state index contributed by atoms with van der Waals surface area (Å²) in [5, 5.41) is 4.94. The summed E-state index contributed by atoms with van der Waals surface area (Å²) in [5.41, 5.74) is 6.38. The highest BCUT2D eigenvalue weighted by molar-refractivity contribution is 5.97. The molecule has 0 unspecified atom stereocenters. The van der Waals surface area contributed by atoms with Crippen LogP contribution >= 0.6 is 0 Å². The number of hydrogen-bond donors (Lipinski definition) is 3. The van der Waals surface area contributed by atoms with Crippen molar-refractivity contribution < 1.29 is 14.4 Å². The molecule has 1 rings (SSSR count). The van der Waals surface area contributed by atoms with Crippen molar-refractivity contribution in [2.24, 2.45) is 5.73 Å². The van der Waals surface area contributed by atoms with Gasteiger partial charge in [-0.3, -0.25) is 14.4 Å². The van der Waals surface area contributed by atoms with Crippen LogP contribution in [0.2, 0.25) is 0 Å². The molecule has 112 valence electrons. The van der Waals surface area contributed by atoms with Gasteiger partial charge in [0.15, 0.2) is 0 Å². The summed E-state index contributed by atoms with van der Waals surface area (Å²) in [6, 6.07) is 7.71. The van der Waals surface area contributed by atoms with Gasteiger partial charge in [0.25, 0.3) is 5.91 Å². The minimum atomic E-state index is -0.816. The Balaban J connectivity index is 2.48. The minimum absolute atomic E-state index is 0.228. The Bertz CT molecular complexity index is 540. The lowest BCUT2D eigenvalue weighted by Crippen LogP contribution is -2.48. The van der Waals surface area contributed by atoms with Gasteiger partial charge in [-0.15, -0.1) is 6.58 Å². The number of hydrogen-bond acceptors (Lipinski definition) is 3. The summed E-state index contributed by atoms with van der Waals surface area (Å²) >= 11 is 0. The van der Waals surface area contributed by atoms with Crippen molar-refractivity contribution >= 4 is 17.7 Å². The summed E-state index contributed by atoms with van der Waals surface area (Å²) < 4.78 is 0. The predicted molar refractivity (Wildman–Crippen MR) is 79.3 cm³/mol. The SMILES string of the molecule is C=C(C)C[C@H](NC(=O)CNC(=O)c1ccccc1)C(N)=O. The fraction of sp³-hybridized carbons (Fsp3) is 0.267. The third-order valence-corrected chi connectivity index (χ3v) is 2.68. The van der Waals surface area contributed by atoms with Crippen LogP contribution in [0.1, 0.15) is 23.7 Å². The van der Waals surface area contributed by atoms with Crippen molar-refractivity contribution in [3.63, 3.8) is 0 Å². The normalized spacial score (nSPS) is 11.3. The van der Waals surface area contributed by atoms with E-state index >= 15 is 0 Å². The van der Waals surface area contributed by atoms with Crippen LogP contribution < -0.4 is 16.4 Å². The van der Waals surface area contributed by atoms with E-state index in [2.05, 4.69) is 17.2 Å². The predicted octanol–water partition coefficient (Wildman–Crippen LogP) is 0.353. The molecule has 0 aliphatic carbocycles. The van der Waals surface area contributed by atoms with Gasteiger partial charge in [0.1, 0.15) is 6.04 Å². The highest BCUT2D eigenvalue weighted by atomic mass is 16.2. The minimum Gasteiger partial charge on any atom is -0.368 e. The first kappa shape index (κ1) is 16.4. The molecule has 0 spiro atoms. The topological polar surface area (TPSA) is 101 Å². The van der Waals surface area contributed by atoms with Crippen molar-refractivity contribution in [3.8, 4) is 0 Å². The van der Waals surface area contributed by atoms with Gasteiger partial charge >= 0.3 is 0 Å². The second-order valence-corrected chi connectivity index (χ2v) is 4.73. The highest BCUT2D eigenvalue weighted by Crippen LogP contribution is 2.01. The second kappa shape index (κ2) is 7.84. The number of carbonyl (C=O) groups excluding carboxylic acids is 3. The number of rotatable bonds is 7. The van der Waals surface area contributed by atoms with E-state index in [1.165, 1.54) is 0 Å². The molecule has 0 aliphatic rings. The Morgan fingerprint density at radius 3 is 2.38 bits per heavy atom. The maximum atomic E-state index is 11.7. The quantitative estimate of drug-likeness (QED) is 0.631. The summed E-state index contributed by atoms with van der Waals surface area (Å²) in [6.07, 6.45) is 0.272. The molecule has 4 N–H and O–H groups in total. The molecular formula is C15H19N3O3. The zero-order valence-corrected chi connectivity index (χ0v) is 11.9. The molecule has 0 saturated heterocycles. The smallest absolute Gasteiger partial charge is 0.251 e. The summed E-state index contributed by atoms with van der Waals surface area (Å²) in [7, 11) is 0. The van der Waals surface area contributed by atoms with Crippen molar-refractivity contribution in [2.45, 2.75) is 19.4 Å². The zero-order valence-electron chi connectivity index (χ0n) is 11.9. The number of amides is 3. The number of nitrogens with two attached hydrogens (primary N) is 1. The first-order valence-corrected chi connectivity index (χ1v) is 6.46. The van der Waals surface area contributed by atoms with Gasteiger partial charge in [0.05, 0.1) is 6.54 Å². The van der Waals surface area contributed by atoms with Gasteiger partial charge in [0.2, 0.25) is 11.8 Å². The molecular weight excluding hydrogens is 270 g/mol.